The molecule has 1 amide bonds. The third kappa shape index (κ3) is 3.05. The van der Waals surface area contributed by atoms with Crippen LogP contribution in [0.1, 0.15) is 26.2 Å². The van der Waals surface area contributed by atoms with Crippen molar-refractivity contribution < 1.29 is 14.7 Å². The van der Waals surface area contributed by atoms with Crippen LogP contribution < -0.4 is 0 Å². The van der Waals surface area contributed by atoms with Gasteiger partial charge >= 0.3 is 5.97 Å². The summed E-state index contributed by atoms with van der Waals surface area (Å²) < 4.78 is 0. The first kappa shape index (κ1) is 10.0. The molecule has 0 aliphatic carbocycles. The molecular weight excluding hydrogens is 170 g/mol. The zero-order valence-electron chi connectivity index (χ0n) is 7.82. The molecule has 1 N–H and O–H groups in total. The summed E-state index contributed by atoms with van der Waals surface area (Å²) in [7, 11) is 0. The molecule has 74 valence electrons. The minimum Gasteiger partial charge on any atom is -0.481 e. The van der Waals surface area contributed by atoms with Gasteiger partial charge in [0, 0.05) is 13.1 Å². The average Bonchev–Trinajstić information content (AvgIpc) is 2.03. The number of carboxylic acid groups (broad SMARTS) is 1. The summed E-state index contributed by atoms with van der Waals surface area (Å²) in [6, 6.07) is 0. The number of likely N-dealkylation sites (tertiary alicyclic amines) is 1. The van der Waals surface area contributed by atoms with Crippen LogP contribution in [0.4, 0.5) is 0 Å². The summed E-state index contributed by atoms with van der Waals surface area (Å²) in [5.41, 5.74) is 0. The highest BCUT2D eigenvalue weighted by molar-refractivity contribution is 5.93. The van der Waals surface area contributed by atoms with Crippen molar-refractivity contribution in [3.63, 3.8) is 0 Å². The Kier molecular flexibility index (Phi) is 3.28. The highest BCUT2D eigenvalue weighted by Crippen LogP contribution is 2.15. The van der Waals surface area contributed by atoms with Crippen molar-refractivity contribution in [3.05, 3.63) is 0 Å². The molecule has 4 heteroatoms. The molecule has 0 aromatic heterocycles. The van der Waals surface area contributed by atoms with Gasteiger partial charge in [0.25, 0.3) is 0 Å². The predicted molar refractivity (Wildman–Crippen MR) is 47.2 cm³/mol. The molecule has 1 saturated heterocycles. The topological polar surface area (TPSA) is 57.6 Å². The van der Waals surface area contributed by atoms with Gasteiger partial charge in [-0.15, -0.1) is 0 Å². The molecule has 1 unspecified atom stereocenters. The van der Waals surface area contributed by atoms with E-state index in [1.165, 1.54) is 0 Å². The van der Waals surface area contributed by atoms with Gasteiger partial charge in [0.2, 0.25) is 5.91 Å². The Labute approximate surface area is 77.5 Å². The minimum absolute atomic E-state index is 0.251. The van der Waals surface area contributed by atoms with Crippen molar-refractivity contribution in [2.75, 3.05) is 13.1 Å². The van der Waals surface area contributed by atoms with Gasteiger partial charge in [0.15, 0.2) is 0 Å². The Hall–Kier alpha value is -1.06. The minimum atomic E-state index is -1.04. The first-order valence-corrected chi connectivity index (χ1v) is 4.59. The summed E-state index contributed by atoms with van der Waals surface area (Å²) in [6.07, 6.45) is 1.76. The number of amides is 1. The third-order valence-electron chi connectivity index (χ3n) is 2.31. The fraction of sp³-hybridized carbons (Fsp3) is 0.778. The first-order chi connectivity index (χ1) is 6.09. The molecule has 0 aromatic carbocycles. The maximum Gasteiger partial charge on any atom is 0.312 e. The number of nitrogens with zero attached hydrogens (tertiary/aromatic N) is 1. The van der Waals surface area contributed by atoms with Crippen molar-refractivity contribution in [2.24, 2.45) is 5.92 Å². The Morgan fingerprint density at radius 2 is 2.23 bits per heavy atom. The van der Waals surface area contributed by atoms with E-state index >= 15 is 0 Å². The van der Waals surface area contributed by atoms with Crippen molar-refractivity contribution in [3.8, 4) is 0 Å². The van der Waals surface area contributed by atoms with Crippen LogP contribution in [0.25, 0.3) is 0 Å². The van der Waals surface area contributed by atoms with Crippen LogP contribution in [0.15, 0.2) is 0 Å². The Balaban J connectivity index is 2.41. The van der Waals surface area contributed by atoms with Crippen molar-refractivity contribution in [1.82, 2.24) is 4.90 Å². The number of carbonyl (C=O) groups excluding carboxylic acids is 1. The summed E-state index contributed by atoms with van der Waals surface area (Å²) in [5.74, 6) is -0.784. The second-order valence-electron chi connectivity index (χ2n) is 3.66. The Morgan fingerprint density at radius 1 is 1.54 bits per heavy atom. The van der Waals surface area contributed by atoms with Crippen LogP contribution in [-0.2, 0) is 9.59 Å². The van der Waals surface area contributed by atoms with E-state index in [0.29, 0.717) is 12.5 Å². The van der Waals surface area contributed by atoms with Crippen LogP contribution >= 0.6 is 0 Å². The van der Waals surface area contributed by atoms with Gasteiger partial charge in [-0.2, -0.15) is 0 Å². The molecular formula is C9H15NO3. The number of rotatable bonds is 2. The van der Waals surface area contributed by atoms with Crippen LogP contribution in [0.5, 0.6) is 0 Å². The lowest BCUT2D eigenvalue weighted by Crippen LogP contribution is -2.39. The molecule has 1 aliphatic rings. The highest BCUT2D eigenvalue weighted by Gasteiger charge is 2.22. The molecule has 0 radical (unpaired) electrons. The monoisotopic (exact) mass is 185 g/mol. The third-order valence-corrected chi connectivity index (χ3v) is 2.31. The molecule has 0 spiro atoms. The van der Waals surface area contributed by atoms with Crippen molar-refractivity contribution in [1.29, 1.82) is 0 Å². The van der Waals surface area contributed by atoms with Gasteiger partial charge in [-0.05, 0) is 18.8 Å². The fourth-order valence-electron chi connectivity index (χ4n) is 1.66. The summed E-state index contributed by atoms with van der Waals surface area (Å²) >= 11 is 0. The lowest BCUT2D eigenvalue weighted by Gasteiger charge is -2.30. The van der Waals surface area contributed by atoms with E-state index < -0.39 is 5.97 Å². The SMILES string of the molecule is CC1CCCN(C(=O)CC(=O)O)C1. The van der Waals surface area contributed by atoms with Gasteiger partial charge in [-0.3, -0.25) is 9.59 Å². The van der Waals surface area contributed by atoms with Crippen molar-refractivity contribution in [2.45, 2.75) is 26.2 Å². The van der Waals surface area contributed by atoms with Gasteiger partial charge < -0.3 is 10.0 Å². The standard InChI is InChI=1S/C9H15NO3/c1-7-3-2-4-10(6-7)8(11)5-9(12)13/h7H,2-6H2,1H3,(H,12,13). The first-order valence-electron chi connectivity index (χ1n) is 4.59. The number of hydrogen-bond donors (Lipinski definition) is 1. The zero-order valence-corrected chi connectivity index (χ0v) is 7.82. The fourth-order valence-corrected chi connectivity index (χ4v) is 1.66. The van der Waals surface area contributed by atoms with Crippen molar-refractivity contribution >= 4 is 11.9 Å². The van der Waals surface area contributed by atoms with E-state index in [1.54, 1.807) is 4.90 Å². The summed E-state index contributed by atoms with van der Waals surface area (Å²) in [5, 5.41) is 8.43. The van der Waals surface area contributed by atoms with Gasteiger partial charge in [-0.1, -0.05) is 6.92 Å². The number of hydrogen-bond acceptors (Lipinski definition) is 2. The normalized spacial score (nSPS) is 22.8. The molecule has 0 saturated carbocycles. The molecule has 1 rings (SSSR count). The van der Waals surface area contributed by atoms with Gasteiger partial charge in [0.05, 0.1) is 0 Å². The molecule has 1 atom stereocenters. The Bertz CT molecular complexity index is 215. The molecule has 4 nitrogen and oxygen atoms in total. The number of carboxylic acids is 1. The number of aliphatic carboxylic acids is 1. The maximum atomic E-state index is 11.3. The smallest absolute Gasteiger partial charge is 0.312 e. The molecule has 13 heavy (non-hydrogen) atoms. The van der Waals surface area contributed by atoms with Gasteiger partial charge in [-0.25, -0.2) is 0 Å². The molecule has 0 bridgehead atoms. The molecule has 0 aromatic rings. The van der Waals surface area contributed by atoms with E-state index in [-0.39, 0.29) is 12.3 Å². The second kappa shape index (κ2) is 4.25. The van der Waals surface area contributed by atoms with E-state index in [2.05, 4.69) is 6.92 Å². The van der Waals surface area contributed by atoms with E-state index in [4.69, 9.17) is 5.11 Å². The van der Waals surface area contributed by atoms with E-state index in [1.807, 2.05) is 0 Å². The zero-order chi connectivity index (χ0) is 9.84. The summed E-state index contributed by atoms with van der Waals surface area (Å²) in [6.45, 7) is 3.52. The largest absolute Gasteiger partial charge is 0.481 e. The second-order valence-corrected chi connectivity index (χ2v) is 3.66. The average molecular weight is 185 g/mol. The van der Waals surface area contributed by atoms with Crippen LogP contribution in [0, 0.1) is 5.92 Å². The lowest BCUT2D eigenvalue weighted by atomic mass is 10.0. The van der Waals surface area contributed by atoms with Crippen LogP contribution in [-0.4, -0.2) is 35.0 Å². The number of carbonyl (C=O) groups is 2. The lowest BCUT2D eigenvalue weighted by molar-refractivity contribution is -0.145. The molecule has 1 aliphatic heterocycles. The number of piperidine rings is 1. The quantitative estimate of drug-likeness (QED) is 0.645. The predicted octanol–water partition coefficient (Wildman–Crippen LogP) is 0.720. The van der Waals surface area contributed by atoms with Gasteiger partial charge in [0.1, 0.15) is 6.42 Å². The maximum absolute atomic E-state index is 11.3. The Morgan fingerprint density at radius 3 is 2.77 bits per heavy atom. The highest BCUT2D eigenvalue weighted by atomic mass is 16.4. The molecule has 1 heterocycles. The van der Waals surface area contributed by atoms with E-state index in [0.717, 1.165) is 19.4 Å². The van der Waals surface area contributed by atoms with Crippen LogP contribution in [0.3, 0.4) is 0 Å². The van der Waals surface area contributed by atoms with Crippen LogP contribution in [0.2, 0.25) is 0 Å². The van der Waals surface area contributed by atoms with E-state index in [9.17, 15) is 9.59 Å². The molecule has 1 fully saturated rings. The summed E-state index contributed by atoms with van der Waals surface area (Å²) in [4.78, 5) is 23.2.